The maximum Gasteiger partial charge on any atom is 0.229 e. The molecule has 0 spiro atoms. The minimum Gasteiger partial charge on any atom is -0.462 e. The molecule has 238 valence electrons. The average Bonchev–Trinajstić information content (AvgIpc) is 3.82. The van der Waals surface area contributed by atoms with Gasteiger partial charge in [0.1, 0.15) is 18.1 Å². The van der Waals surface area contributed by atoms with E-state index in [4.69, 9.17) is 9.40 Å². The number of para-hydroxylation sites is 2. The number of amides is 1. The molecule has 1 atom stereocenters. The number of carbonyl (C=O) groups is 1. The van der Waals surface area contributed by atoms with Crippen molar-refractivity contribution in [3.63, 3.8) is 0 Å². The maximum absolute atomic E-state index is 14.1. The fourth-order valence-corrected chi connectivity index (χ4v) is 7.36. The Morgan fingerprint density at radius 2 is 1.57 bits per heavy atom. The summed E-state index contributed by atoms with van der Waals surface area (Å²) in [5.41, 5.74) is 4.00. The van der Waals surface area contributed by atoms with Crippen molar-refractivity contribution >= 4 is 22.9 Å². The molecule has 0 bridgehead atoms. The average molecular weight is 618 g/mol. The molecule has 0 aliphatic carbocycles. The number of anilines is 1. The minimum absolute atomic E-state index is 0.110. The Labute approximate surface area is 270 Å². The lowest BCUT2D eigenvalue weighted by atomic mass is 9.77. The lowest BCUT2D eigenvalue weighted by molar-refractivity contribution is -0.137. The van der Waals surface area contributed by atoms with Crippen LogP contribution in [0.15, 0.2) is 101 Å². The van der Waals surface area contributed by atoms with Crippen molar-refractivity contribution in [1.82, 2.24) is 19.8 Å². The first-order chi connectivity index (χ1) is 22.6. The second-order valence-electron chi connectivity index (χ2n) is 13.0. The number of H-pyrrole nitrogens is 1. The van der Waals surface area contributed by atoms with Gasteiger partial charge in [0.05, 0.1) is 23.0 Å². The number of nitrogens with zero attached hydrogens (tertiary/aromatic N) is 4. The van der Waals surface area contributed by atoms with Gasteiger partial charge in [-0.05, 0) is 74.0 Å². The number of rotatable bonds is 12. The third kappa shape index (κ3) is 6.59. The van der Waals surface area contributed by atoms with Gasteiger partial charge in [0.25, 0.3) is 0 Å². The number of hydrogen-bond donors (Lipinski definition) is 2. The van der Waals surface area contributed by atoms with Crippen LogP contribution in [0.3, 0.4) is 0 Å². The third-order valence-electron chi connectivity index (χ3n) is 9.96. The predicted octanol–water partition coefficient (Wildman–Crippen LogP) is 6.17. The molecule has 0 radical (unpaired) electrons. The highest BCUT2D eigenvalue weighted by Crippen LogP contribution is 2.40. The number of nitrogens with one attached hydrogen (secondary N) is 1. The first-order valence-electron chi connectivity index (χ1n) is 16.6. The maximum atomic E-state index is 14.1. The van der Waals surface area contributed by atoms with Gasteiger partial charge in [-0.25, -0.2) is 4.98 Å². The summed E-state index contributed by atoms with van der Waals surface area (Å²) in [6.07, 6.45) is 4.52. The van der Waals surface area contributed by atoms with Gasteiger partial charge in [-0.1, -0.05) is 72.8 Å². The van der Waals surface area contributed by atoms with Crippen LogP contribution in [0.5, 0.6) is 0 Å². The molecule has 7 rings (SSSR count). The molecule has 46 heavy (non-hydrogen) atoms. The highest BCUT2D eigenvalue weighted by Gasteiger charge is 2.46. The van der Waals surface area contributed by atoms with Crippen molar-refractivity contribution in [2.24, 2.45) is 5.41 Å². The molecule has 2 fully saturated rings. The molecule has 0 saturated carbocycles. The summed E-state index contributed by atoms with van der Waals surface area (Å²) in [6, 6.07) is 33.1. The smallest absolute Gasteiger partial charge is 0.229 e. The van der Waals surface area contributed by atoms with Gasteiger partial charge < -0.3 is 29.2 Å². The van der Waals surface area contributed by atoms with Crippen molar-refractivity contribution in [2.45, 2.75) is 57.8 Å². The predicted molar refractivity (Wildman–Crippen MR) is 180 cm³/mol. The van der Waals surface area contributed by atoms with E-state index in [1.807, 2.05) is 54.6 Å². The van der Waals surface area contributed by atoms with E-state index >= 15 is 0 Å². The van der Waals surface area contributed by atoms with E-state index in [1.54, 1.807) is 0 Å². The number of imidazole rings is 1. The summed E-state index contributed by atoms with van der Waals surface area (Å²) in [4.78, 5) is 29.6. The van der Waals surface area contributed by atoms with Gasteiger partial charge >= 0.3 is 0 Å². The molecule has 3 aromatic carbocycles. The summed E-state index contributed by atoms with van der Waals surface area (Å²) in [6.45, 7) is 4.79. The molecular weight excluding hydrogens is 574 g/mol. The van der Waals surface area contributed by atoms with Crippen LogP contribution in [0.4, 0.5) is 5.95 Å². The van der Waals surface area contributed by atoms with Crippen molar-refractivity contribution in [2.75, 3.05) is 31.1 Å². The third-order valence-corrected chi connectivity index (χ3v) is 9.96. The van der Waals surface area contributed by atoms with Crippen LogP contribution in [0, 0.1) is 5.41 Å². The Kier molecular flexibility index (Phi) is 8.90. The molecule has 2 N–H and O–H groups in total. The number of likely N-dealkylation sites (tertiary alicyclic amines) is 2. The molecule has 2 aliphatic heterocycles. The topological polar surface area (TPSA) is 88.8 Å². The Balaban J connectivity index is 1.04. The fraction of sp³-hybridized carbons (Fsp3) is 0.368. The van der Waals surface area contributed by atoms with Crippen molar-refractivity contribution in [1.29, 1.82) is 0 Å². The zero-order valence-electron chi connectivity index (χ0n) is 26.4. The van der Waals surface area contributed by atoms with Gasteiger partial charge in [0.2, 0.25) is 11.9 Å². The van der Waals surface area contributed by atoms with Crippen molar-refractivity contribution in [3.8, 4) is 0 Å². The van der Waals surface area contributed by atoms with Crippen LogP contribution in [0.1, 0.15) is 48.3 Å². The zero-order valence-corrected chi connectivity index (χ0v) is 26.4. The van der Waals surface area contributed by atoms with Crippen LogP contribution >= 0.6 is 0 Å². The second kappa shape index (κ2) is 13.5. The zero-order chi connectivity index (χ0) is 31.3. The molecular formula is C38H43N5O3. The highest BCUT2D eigenvalue weighted by atomic mass is 16.4. The van der Waals surface area contributed by atoms with Gasteiger partial charge in [0.15, 0.2) is 0 Å². The number of aliphatic hydroxyl groups excluding tert-OH is 1. The summed E-state index contributed by atoms with van der Waals surface area (Å²) in [7, 11) is 0. The summed E-state index contributed by atoms with van der Waals surface area (Å²) in [5.74, 6) is 2.53. The summed E-state index contributed by atoms with van der Waals surface area (Å²) in [5, 5.41) is 9.55. The number of benzene rings is 3. The largest absolute Gasteiger partial charge is 0.462 e. The number of piperidine rings is 1. The Bertz CT molecular complexity index is 1690. The first kappa shape index (κ1) is 30.3. The fourth-order valence-electron chi connectivity index (χ4n) is 7.36. The molecule has 5 aromatic rings. The van der Waals surface area contributed by atoms with Crippen LogP contribution in [-0.2, 0) is 30.9 Å². The molecule has 2 saturated heterocycles. The van der Waals surface area contributed by atoms with E-state index in [0.717, 1.165) is 81.0 Å². The van der Waals surface area contributed by atoms with Gasteiger partial charge in [-0.15, -0.1) is 0 Å². The van der Waals surface area contributed by atoms with Gasteiger partial charge in [-0.3, -0.25) is 4.79 Å². The van der Waals surface area contributed by atoms with Crippen molar-refractivity contribution in [3.05, 3.63) is 120 Å². The number of carbonyl (C=O) groups excluding carboxylic acids is 1. The quantitative estimate of drug-likeness (QED) is 0.174. The summed E-state index contributed by atoms with van der Waals surface area (Å²) >= 11 is 0. The minimum atomic E-state index is -0.378. The van der Waals surface area contributed by atoms with E-state index in [1.165, 1.54) is 11.1 Å². The van der Waals surface area contributed by atoms with Gasteiger partial charge in [0, 0.05) is 32.2 Å². The number of aromatic nitrogens is 2. The Morgan fingerprint density at radius 3 is 2.28 bits per heavy atom. The van der Waals surface area contributed by atoms with E-state index < -0.39 is 0 Å². The molecule has 2 aromatic heterocycles. The van der Waals surface area contributed by atoms with Crippen molar-refractivity contribution < 1.29 is 14.3 Å². The van der Waals surface area contributed by atoms with Crippen LogP contribution in [0.25, 0.3) is 11.0 Å². The molecule has 2 aliphatic rings. The normalized spacial score (nSPS) is 19.3. The van der Waals surface area contributed by atoms with E-state index in [9.17, 15) is 9.90 Å². The number of hydrogen-bond acceptors (Lipinski definition) is 6. The second-order valence-corrected chi connectivity index (χ2v) is 13.0. The van der Waals surface area contributed by atoms with Gasteiger partial charge in [-0.2, -0.15) is 0 Å². The number of aromatic amines is 1. The molecule has 4 heterocycles. The lowest BCUT2D eigenvalue weighted by Crippen LogP contribution is -2.46. The Morgan fingerprint density at radius 1 is 0.870 bits per heavy atom. The van der Waals surface area contributed by atoms with E-state index in [-0.39, 0.29) is 18.1 Å². The molecule has 8 heteroatoms. The lowest BCUT2D eigenvalue weighted by Gasteiger charge is -2.39. The standard InChI is InChI=1S/C38H43N5O3/c44-28-33-16-15-32(46-33)27-43(37-39-34-13-7-8-14-35(34)40-37)31-17-21-41(22-18-31)23-19-38(25-29-9-3-1-4-10-29)20-24-42(36(38)45)26-30-11-5-2-6-12-30/h1-16,31,44H,17-28H2,(H,39,40). The van der Waals surface area contributed by atoms with Crippen LogP contribution < -0.4 is 4.90 Å². The monoisotopic (exact) mass is 617 g/mol. The Hall–Kier alpha value is -4.40. The number of fused-ring (bicyclic) bond motifs is 1. The SMILES string of the molecule is O=C1N(Cc2ccccc2)CCC1(CCN1CCC(N(Cc2ccc(CO)o2)c2nc3ccccc3[nH]2)CC1)Cc1ccccc1. The highest BCUT2D eigenvalue weighted by molar-refractivity contribution is 5.85. The van der Waals surface area contributed by atoms with Crippen LogP contribution in [-0.4, -0.2) is 63.0 Å². The van der Waals surface area contributed by atoms with Crippen LogP contribution in [0.2, 0.25) is 0 Å². The number of aliphatic hydroxyl groups is 1. The first-order valence-corrected chi connectivity index (χ1v) is 16.6. The summed E-state index contributed by atoms with van der Waals surface area (Å²) < 4.78 is 5.90. The number of furan rings is 1. The van der Waals surface area contributed by atoms with E-state index in [2.05, 4.69) is 62.1 Å². The molecule has 1 unspecified atom stereocenters. The molecule has 1 amide bonds. The van der Waals surface area contributed by atoms with E-state index in [0.29, 0.717) is 24.8 Å². The molecule has 8 nitrogen and oxygen atoms in total.